The predicted octanol–water partition coefficient (Wildman–Crippen LogP) is 2.07. The van der Waals surface area contributed by atoms with Crippen LogP contribution in [0.4, 0.5) is 0 Å². The largest absolute Gasteiger partial charge is 0.331 e. The second kappa shape index (κ2) is 5.48. The molecular weight excluding hydrogens is 198 g/mol. The van der Waals surface area contributed by atoms with Gasteiger partial charge in [0.25, 0.3) is 0 Å². The van der Waals surface area contributed by atoms with Crippen molar-refractivity contribution in [1.29, 1.82) is 0 Å². The zero-order valence-electron chi connectivity index (χ0n) is 10.6. The van der Waals surface area contributed by atoms with Gasteiger partial charge >= 0.3 is 0 Å². The summed E-state index contributed by atoms with van der Waals surface area (Å²) in [5.74, 6) is 1.20. The molecule has 1 N–H and O–H groups in total. The first-order valence-corrected chi connectivity index (χ1v) is 6.58. The fourth-order valence-corrected chi connectivity index (χ4v) is 2.53. The van der Waals surface area contributed by atoms with Gasteiger partial charge in [-0.15, -0.1) is 0 Å². The lowest BCUT2D eigenvalue weighted by Gasteiger charge is -2.15. The average molecular weight is 221 g/mol. The third-order valence-corrected chi connectivity index (χ3v) is 3.36. The van der Waals surface area contributed by atoms with E-state index in [9.17, 15) is 0 Å². The first kappa shape index (κ1) is 11.6. The second-order valence-electron chi connectivity index (χ2n) is 4.66. The molecule has 0 fully saturated rings. The molecule has 0 unspecified atom stereocenters. The molecule has 0 radical (unpaired) electrons. The Morgan fingerprint density at radius 3 is 2.88 bits per heavy atom. The predicted molar refractivity (Wildman–Crippen MR) is 66.8 cm³/mol. The maximum Gasteiger partial charge on any atom is 0.106 e. The van der Waals surface area contributed by atoms with E-state index >= 15 is 0 Å². The number of rotatable bonds is 5. The quantitative estimate of drug-likeness (QED) is 0.771. The zero-order valence-corrected chi connectivity index (χ0v) is 10.6. The summed E-state index contributed by atoms with van der Waals surface area (Å²) < 4.78 is 2.41. The van der Waals surface area contributed by atoms with Gasteiger partial charge in [-0.3, -0.25) is 0 Å². The van der Waals surface area contributed by atoms with Crippen molar-refractivity contribution < 1.29 is 0 Å². The minimum Gasteiger partial charge on any atom is -0.331 e. The maximum atomic E-state index is 4.69. The molecule has 16 heavy (non-hydrogen) atoms. The summed E-state index contributed by atoms with van der Waals surface area (Å²) in [7, 11) is 0. The van der Waals surface area contributed by atoms with Crippen molar-refractivity contribution in [1.82, 2.24) is 14.9 Å². The Labute approximate surface area is 98.3 Å². The molecule has 90 valence electrons. The van der Waals surface area contributed by atoms with Crippen LogP contribution in [-0.4, -0.2) is 22.6 Å². The molecular formula is C13H23N3. The van der Waals surface area contributed by atoms with Crippen molar-refractivity contribution in [3.05, 3.63) is 17.2 Å². The molecule has 1 heterocycles. The van der Waals surface area contributed by atoms with Gasteiger partial charge in [0, 0.05) is 18.8 Å². The van der Waals surface area contributed by atoms with Gasteiger partial charge in [0.1, 0.15) is 5.82 Å². The summed E-state index contributed by atoms with van der Waals surface area (Å²) in [5.41, 5.74) is 2.86. The van der Waals surface area contributed by atoms with Crippen LogP contribution in [0.1, 0.15) is 43.4 Å². The van der Waals surface area contributed by atoms with Crippen molar-refractivity contribution >= 4 is 0 Å². The highest BCUT2D eigenvalue weighted by Gasteiger charge is 2.17. The molecule has 1 aromatic heterocycles. The van der Waals surface area contributed by atoms with Gasteiger partial charge < -0.3 is 9.88 Å². The molecule has 0 aromatic carbocycles. The number of fused-ring (bicyclic) bond motifs is 1. The van der Waals surface area contributed by atoms with Gasteiger partial charge in [-0.1, -0.05) is 6.92 Å². The van der Waals surface area contributed by atoms with Crippen LogP contribution < -0.4 is 5.32 Å². The molecule has 0 saturated carbocycles. The highest BCUT2D eigenvalue weighted by Crippen LogP contribution is 2.21. The van der Waals surface area contributed by atoms with Crippen molar-refractivity contribution in [3.8, 4) is 0 Å². The van der Waals surface area contributed by atoms with E-state index in [2.05, 4.69) is 28.7 Å². The normalized spacial score (nSPS) is 15.1. The lowest BCUT2D eigenvalue weighted by molar-refractivity contribution is 0.554. The smallest absolute Gasteiger partial charge is 0.106 e. The van der Waals surface area contributed by atoms with Crippen molar-refractivity contribution in [2.75, 3.05) is 13.1 Å². The minimum absolute atomic E-state index is 1.07. The summed E-state index contributed by atoms with van der Waals surface area (Å²) in [6.07, 6.45) is 6.27. The van der Waals surface area contributed by atoms with E-state index in [1.54, 1.807) is 0 Å². The molecule has 0 saturated heterocycles. The summed E-state index contributed by atoms with van der Waals surface area (Å²) >= 11 is 0. The van der Waals surface area contributed by atoms with Crippen LogP contribution in [0, 0.1) is 6.92 Å². The molecule has 0 amide bonds. The zero-order chi connectivity index (χ0) is 11.4. The fourth-order valence-electron chi connectivity index (χ4n) is 2.53. The lowest BCUT2D eigenvalue weighted by atomic mass is 10.0. The third kappa shape index (κ3) is 2.46. The fraction of sp³-hybridized carbons (Fsp3) is 0.769. The molecule has 1 aliphatic carbocycles. The van der Waals surface area contributed by atoms with E-state index in [1.807, 2.05) is 0 Å². The highest BCUT2D eigenvalue weighted by molar-refractivity contribution is 5.19. The summed E-state index contributed by atoms with van der Waals surface area (Å²) in [4.78, 5) is 4.69. The van der Waals surface area contributed by atoms with Crippen LogP contribution in [-0.2, 0) is 19.4 Å². The van der Waals surface area contributed by atoms with Crippen molar-refractivity contribution in [2.45, 2.75) is 52.5 Å². The molecule has 3 nitrogen and oxygen atoms in total. The number of hydrogen-bond acceptors (Lipinski definition) is 2. The molecule has 0 bridgehead atoms. The molecule has 0 aliphatic heterocycles. The van der Waals surface area contributed by atoms with Crippen LogP contribution >= 0.6 is 0 Å². The first-order valence-electron chi connectivity index (χ1n) is 6.58. The van der Waals surface area contributed by atoms with E-state index in [0.717, 1.165) is 19.6 Å². The molecule has 1 aromatic rings. The van der Waals surface area contributed by atoms with Crippen LogP contribution in [0.25, 0.3) is 0 Å². The van der Waals surface area contributed by atoms with Gasteiger partial charge in [0.15, 0.2) is 0 Å². The summed E-state index contributed by atoms with van der Waals surface area (Å²) in [5, 5.41) is 3.46. The average Bonchev–Trinajstić information content (AvgIpc) is 2.61. The third-order valence-electron chi connectivity index (χ3n) is 3.36. The van der Waals surface area contributed by atoms with Crippen LogP contribution in [0.2, 0.25) is 0 Å². The highest BCUT2D eigenvalue weighted by atomic mass is 15.1. The number of aryl methyl sites for hydroxylation is 2. The Kier molecular flexibility index (Phi) is 3.99. The Hall–Kier alpha value is -0.830. The van der Waals surface area contributed by atoms with Crippen LogP contribution in [0.3, 0.4) is 0 Å². The van der Waals surface area contributed by atoms with Gasteiger partial charge in [0.05, 0.1) is 5.69 Å². The van der Waals surface area contributed by atoms with E-state index in [1.165, 1.54) is 49.3 Å². The number of imidazole rings is 1. The topological polar surface area (TPSA) is 29.9 Å². The van der Waals surface area contributed by atoms with Gasteiger partial charge in [-0.05, 0) is 45.6 Å². The number of nitrogens with zero attached hydrogens (tertiary/aromatic N) is 2. The lowest BCUT2D eigenvalue weighted by Crippen LogP contribution is -2.22. The Balaban J connectivity index is 1.99. The van der Waals surface area contributed by atoms with Gasteiger partial charge in [-0.25, -0.2) is 4.98 Å². The molecule has 3 heteroatoms. The standard InChI is InChI=1S/C13H23N3/c1-3-8-14-9-10-16-11(2)15-12-6-4-5-7-13(12)16/h14H,3-10H2,1-2H3. The monoisotopic (exact) mass is 221 g/mol. The number of aromatic nitrogens is 2. The molecule has 0 atom stereocenters. The maximum absolute atomic E-state index is 4.69. The Morgan fingerprint density at radius 1 is 1.25 bits per heavy atom. The summed E-state index contributed by atoms with van der Waals surface area (Å²) in [6.45, 7) is 7.61. The number of nitrogens with one attached hydrogen (secondary N) is 1. The van der Waals surface area contributed by atoms with Crippen molar-refractivity contribution in [2.24, 2.45) is 0 Å². The van der Waals surface area contributed by atoms with Crippen LogP contribution in [0.15, 0.2) is 0 Å². The van der Waals surface area contributed by atoms with E-state index < -0.39 is 0 Å². The van der Waals surface area contributed by atoms with E-state index in [-0.39, 0.29) is 0 Å². The van der Waals surface area contributed by atoms with E-state index in [0.29, 0.717) is 0 Å². The minimum atomic E-state index is 1.07. The van der Waals surface area contributed by atoms with Gasteiger partial charge in [0.2, 0.25) is 0 Å². The van der Waals surface area contributed by atoms with Crippen molar-refractivity contribution in [3.63, 3.8) is 0 Å². The molecule has 1 aliphatic rings. The Morgan fingerprint density at radius 2 is 2.06 bits per heavy atom. The first-order chi connectivity index (χ1) is 7.83. The number of hydrogen-bond donors (Lipinski definition) is 1. The summed E-state index contributed by atoms with van der Waals surface area (Å²) in [6, 6.07) is 0. The van der Waals surface area contributed by atoms with Gasteiger partial charge in [-0.2, -0.15) is 0 Å². The van der Waals surface area contributed by atoms with E-state index in [4.69, 9.17) is 0 Å². The SMILES string of the molecule is CCCNCCn1c(C)nc2c1CCCC2. The van der Waals surface area contributed by atoms with Crippen LogP contribution in [0.5, 0.6) is 0 Å². The molecule has 0 spiro atoms. The Bertz CT molecular complexity index is 341. The second-order valence-corrected chi connectivity index (χ2v) is 4.66. The molecule has 2 rings (SSSR count).